The Morgan fingerprint density at radius 2 is 1.89 bits per heavy atom. The third kappa shape index (κ3) is 5.78. The van der Waals surface area contributed by atoms with Gasteiger partial charge >= 0.3 is 0 Å². The lowest BCUT2D eigenvalue weighted by atomic mass is 10.1. The van der Waals surface area contributed by atoms with Crippen LogP contribution < -0.4 is 24.8 Å². The van der Waals surface area contributed by atoms with Crippen LogP contribution in [0.3, 0.4) is 0 Å². The Kier molecular flexibility index (Phi) is 6.31. The molecule has 1 aliphatic rings. The van der Waals surface area contributed by atoms with E-state index in [2.05, 4.69) is 10.6 Å². The van der Waals surface area contributed by atoms with Crippen LogP contribution in [0.1, 0.15) is 31.9 Å². The summed E-state index contributed by atoms with van der Waals surface area (Å²) in [7, 11) is 0. The lowest BCUT2D eigenvalue weighted by Crippen LogP contribution is -2.43. The van der Waals surface area contributed by atoms with Crippen LogP contribution in [0, 0.1) is 0 Å². The zero-order chi connectivity index (χ0) is 20.1. The van der Waals surface area contributed by atoms with Gasteiger partial charge in [-0.05, 0) is 56.7 Å². The lowest BCUT2D eigenvalue weighted by molar-refractivity contribution is -0.124. The quantitative estimate of drug-likeness (QED) is 0.737. The zero-order valence-corrected chi connectivity index (χ0v) is 17.1. The van der Waals surface area contributed by atoms with Gasteiger partial charge in [-0.15, -0.1) is 0 Å². The van der Waals surface area contributed by atoms with Crippen molar-refractivity contribution < 1.29 is 19.0 Å². The highest BCUT2D eigenvalue weighted by Gasteiger charge is 2.15. The van der Waals surface area contributed by atoms with Crippen LogP contribution in [0.5, 0.6) is 17.2 Å². The Bertz CT molecular complexity index is 849. The van der Waals surface area contributed by atoms with Gasteiger partial charge in [0.15, 0.2) is 18.1 Å². The van der Waals surface area contributed by atoms with Gasteiger partial charge in [0.25, 0.3) is 5.91 Å². The highest BCUT2D eigenvalue weighted by molar-refractivity contribution is 6.30. The summed E-state index contributed by atoms with van der Waals surface area (Å²) >= 11 is 6.13. The van der Waals surface area contributed by atoms with Crippen molar-refractivity contribution in [2.24, 2.45) is 0 Å². The topological polar surface area (TPSA) is 68.8 Å². The van der Waals surface area contributed by atoms with Gasteiger partial charge in [-0.3, -0.25) is 4.79 Å². The van der Waals surface area contributed by atoms with Crippen molar-refractivity contribution in [3.05, 3.63) is 52.5 Å². The molecule has 0 spiro atoms. The molecule has 2 aromatic rings. The van der Waals surface area contributed by atoms with Gasteiger partial charge in [-0.1, -0.05) is 17.7 Å². The largest absolute Gasteiger partial charge is 0.483 e. The van der Waals surface area contributed by atoms with E-state index in [4.69, 9.17) is 25.8 Å². The fourth-order valence-corrected chi connectivity index (χ4v) is 3.01. The Balaban J connectivity index is 1.57. The van der Waals surface area contributed by atoms with Crippen LogP contribution in [0.4, 0.5) is 0 Å². The van der Waals surface area contributed by atoms with Gasteiger partial charge < -0.3 is 24.8 Å². The number of ether oxygens (including phenoxy) is 3. The molecule has 0 unspecified atom stereocenters. The maximum Gasteiger partial charge on any atom is 0.258 e. The Labute approximate surface area is 170 Å². The van der Waals surface area contributed by atoms with E-state index in [1.165, 1.54) is 0 Å². The molecule has 28 heavy (non-hydrogen) atoms. The van der Waals surface area contributed by atoms with E-state index in [9.17, 15) is 4.79 Å². The van der Waals surface area contributed by atoms with Crippen LogP contribution in [-0.4, -0.2) is 24.8 Å². The van der Waals surface area contributed by atoms with Gasteiger partial charge in [0.1, 0.15) is 5.75 Å². The predicted octanol–water partition coefficient (Wildman–Crippen LogP) is 3.65. The van der Waals surface area contributed by atoms with Crippen LogP contribution in [-0.2, 0) is 17.9 Å². The number of hydrogen-bond acceptors (Lipinski definition) is 5. The zero-order valence-electron chi connectivity index (χ0n) is 16.3. The average molecular weight is 405 g/mol. The third-order valence-electron chi connectivity index (χ3n) is 3.98. The van der Waals surface area contributed by atoms with Gasteiger partial charge in [-0.2, -0.15) is 0 Å². The SMILES string of the molecule is CC(C)(C)NC(=O)COc1ccc(Cl)cc1CNCc1ccc2c(c1)OCO2. The van der Waals surface area contributed by atoms with Crippen LogP contribution in [0.2, 0.25) is 5.02 Å². The van der Waals surface area contributed by atoms with E-state index in [0.29, 0.717) is 23.9 Å². The van der Waals surface area contributed by atoms with Gasteiger partial charge in [0.2, 0.25) is 6.79 Å². The minimum Gasteiger partial charge on any atom is -0.483 e. The van der Waals surface area contributed by atoms with Crippen LogP contribution in [0.25, 0.3) is 0 Å². The molecule has 0 radical (unpaired) electrons. The summed E-state index contributed by atoms with van der Waals surface area (Å²) < 4.78 is 16.4. The van der Waals surface area contributed by atoms with Crippen LogP contribution >= 0.6 is 11.6 Å². The van der Waals surface area contributed by atoms with Crippen molar-refractivity contribution in [1.82, 2.24) is 10.6 Å². The third-order valence-corrected chi connectivity index (χ3v) is 4.21. The minimum atomic E-state index is -0.296. The second-order valence-electron chi connectivity index (χ2n) is 7.63. The van der Waals surface area contributed by atoms with Crippen molar-refractivity contribution in [2.45, 2.75) is 39.4 Å². The molecule has 1 aliphatic heterocycles. The molecule has 0 atom stereocenters. The number of rotatable bonds is 7. The minimum absolute atomic E-state index is 0.0476. The molecule has 6 nitrogen and oxygen atoms in total. The smallest absolute Gasteiger partial charge is 0.258 e. The molecule has 150 valence electrons. The van der Waals surface area contributed by atoms with E-state index in [0.717, 1.165) is 22.6 Å². The Hall–Kier alpha value is -2.44. The summed E-state index contributed by atoms with van der Waals surface area (Å²) in [5, 5.41) is 6.86. The van der Waals surface area contributed by atoms with E-state index < -0.39 is 0 Å². The molecule has 2 aromatic carbocycles. The number of amides is 1. The number of carbonyl (C=O) groups is 1. The molecule has 0 aliphatic carbocycles. The average Bonchev–Trinajstić information content (AvgIpc) is 3.07. The van der Waals surface area contributed by atoms with E-state index in [1.807, 2.05) is 45.0 Å². The number of carbonyl (C=O) groups excluding carboxylic acids is 1. The van der Waals surface area contributed by atoms with Gasteiger partial charge in [0.05, 0.1) is 0 Å². The lowest BCUT2D eigenvalue weighted by Gasteiger charge is -2.21. The fraction of sp³-hybridized carbons (Fsp3) is 0.381. The van der Waals surface area contributed by atoms with Crippen molar-refractivity contribution in [1.29, 1.82) is 0 Å². The first-order valence-electron chi connectivity index (χ1n) is 9.12. The van der Waals surface area contributed by atoms with Crippen LogP contribution in [0.15, 0.2) is 36.4 Å². The molecule has 7 heteroatoms. The molecule has 0 aromatic heterocycles. The number of hydrogen-bond donors (Lipinski definition) is 2. The highest BCUT2D eigenvalue weighted by Crippen LogP contribution is 2.32. The Morgan fingerprint density at radius 3 is 2.68 bits per heavy atom. The second-order valence-corrected chi connectivity index (χ2v) is 8.07. The molecule has 0 saturated heterocycles. The summed E-state index contributed by atoms with van der Waals surface area (Å²) in [4.78, 5) is 12.0. The maximum absolute atomic E-state index is 12.0. The first-order chi connectivity index (χ1) is 13.3. The summed E-state index contributed by atoms with van der Waals surface area (Å²) in [6, 6.07) is 11.2. The fourth-order valence-electron chi connectivity index (χ4n) is 2.82. The molecule has 1 heterocycles. The summed E-state index contributed by atoms with van der Waals surface area (Å²) in [6.07, 6.45) is 0. The second kappa shape index (κ2) is 8.71. The number of halogens is 1. The number of fused-ring (bicyclic) bond motifs is 1. The predicted molar refractivity (Wildman–Crippen MR) is 108 cm³/mol. The van der Waals surface area contributed by atoms with E-state index in [1.54, 1.807) is 12.1 Å². The van der Waals surface area contributed by atoms with Crippen molar-refractivity contribution in [3.63, 3.8) is 0 Å². The first kappa shape index (κ1) is 20.3. The monoisotopic (exact) mass is 404 g/mol. The Morgan fingerprint density at radius 1 is 1.11 bits per heavy atom. The molecule has 2 N–H and O–H groups in total. The standard InChI is InChI=1S/C21H25ClN2O4/c1-21(2,3)24-20(25)12-26-17-7-5-16(22)9-15(17)11-23-10-14-4-6-18-19(8-14)28-13-27-18/h4-9,23H,10-13H2,1-3H3,(H,24,25). The molecular weight excluding hydrogens is 380 g/mol. The first-order valence-corrected chi connectivity index (χ1v) is 9.49. The summed E-state index contributed by atoms with van der Waals surface area (Å²) in [6.45, 7) is 7.20. The molecule has 1 amide bonds. The number of nitrogens with one attached hydrogen (secondary N) is 2. The maximum atomic E-state index is 12.0. The molecule has 0 saturated carbocycles. The van der Waals surface area contributed by atoms with Crippen molar-refractivity contribution >= 4 is 17.5 Å². The molecule has 3 rings (SSSR count). The van der Waals surface area contributed by atoms with Crippen molar-refractivity contribution in [2.75, 3.05) is 13.4 Å². The highest BCUT2D eigenvalue weighted by atomic mass is 35.5. The van der Waals surface area contributed by atoms with E-state index >= 15 is 0 Å². The molecule has 0 fully saturated rings. The van der Waals surface area contributed by atoms with Gasteiger partial charge in [-0.25, -0.2) is 0 Å². The molecule has 0 bridgehead atoms. The van der Waals surface area contributed by atoms with Crippen molar-refractivity contribution in [3.8, 4) is 17.2 Å². The number of benzene rings is 2. The van der Waals surface area contributed by atoms with E-state index in [-0.39, 0.29) is 24.8 Å². The normalized spacial score (nSPS) is 12.7. The van der Waals surface area contributed by atoms with Gasteiger partial charge in [0, 0.05) is 29.2 Å². The summed E-state index contributed by atoms with van der Waals surface area (Å²) in [5.41, 5.74) is 1.67. The summed E-state index contributed by atoms with van der Waals surface area (Å²) in [5.74, 6) is 1.99. The molecular formula is C21H25ClN2O4.